The van der Waals surface area contributed by atoms with Crippen molar-refractivity contribution in [2.45, 2.75) is 43.9 Å². The Morgan fingerprint density at radius 3 is 2.29 bits per heavy atom. The number of carbonyl (C=O) groups excluding carboxylic acids is 1. The first-order valence-corrected chi connectivity index (χ1v) is 14.0. The van der Waals surface area contributed by atoms with E-state index in [1.165, 1.54) is 5.56 Å². The zero-order chi connectivity index (χ0) is 26.8. The lowest BCUT2D eigenvalue weighted by molar-refractivity contribution is 0.0915. The van der Waals surface area contributed by atoms with Gasteiger partial charge in [-0.05, 0) is 49.9 Å². The van der Waals surface area contributed by atoms with E-state index in [0.717, 1.165) is 57.5 Å². The summed E-state index contributed by atoms with van der Waals surface area (Å²) < 4.78 is 10.9. The van der Waals surface area contributed by atoms with E-state index in [0.29, 0.717) is 27.1 Å². The number of benzene rings is 2. The highest BCUT2D eigenvalue weighted by molar-refractivity contribution is 6.38. The summed E-state index contributed by atoms with van der Waals surface area (Å²) in [7, 11) is 5.34. The molecule has 0 aromatic heterocycles. The number of piperazine rings is 1. The Kier molecular flexibility index (Phi) is 8.67. The van der Waals surface area contributed by atoms with Crippen LogP contribution in [0.5, 0.6) is 11.5 Å². The molecule has 10 heteroatoms. The molecule has 5 rings (SSSR count). The molecule has 4 atom stereocenters. The quantitative estimate of drug-likeness (QED) is 0.473. The molecule has 2 aromatic carbocycles. The first-order valence-electron chi connectivity index (χ1n) is 13.3. The molecule has 0 bridgehead atoms. The number of halogens is 2. The first kappa shape index (κ1) is 27.5. The van der Waals surface area contributed by atoms with Gasteiger partial charge in [0, 0.05) is 61.9 Å². The molecule has 206 valence electrons. The minimum absolute atomic E-state index is 0.0677. The van der Waals surface area contributed by atoms with Gasteiger partial charge in [0.05, 0.1) is 30.4 Å². The van der Waals surface area contributed by atoms with E-state index in [2.05, 4.69) is 45.1 Å². The largest absolute Gasteiger partial charge is 0.495 e. The SMILES string of the molecule is COc1cc(OC)c(Cl)c(C2CCC3C(C2)NNC3NC(=O)c2ccc(CN3CCN(C)CC3)cc2)c1Cl. The molecule has 8 nitrogen and oxygen atoms in total. The van der Waals surface area contributed by atoms with Gasteiger partial charge in [-0.2, -0.15) is 0 Å². The highest BCUT2D eigenvalue weighted by Gasteiger charge is 2.42. The van der Waals surface area contributed by atoms with Crippen LogP contribution >= 0.6 is 23.2 Å². The number of likely N-dealkylation sites (N-methyl/N-ethyl adjacent to an activating group) is 1. The van der Waals surface area contributed by atoms with Crippen molar-refractivity contribution in [3.8, 4) is 11.5 Å². The monoisotopic (exact) mass is 561 g/mol. The van der Waals surface area contributed by atoms with Crippen LogP contribution in [0.3, 0.4) is 0 Å². The highest BCUT2D eigenvalue weighted by Crippen LogP contribution is 2.49. The molecule has 1 saturated carbocycles. The van der Waals surface area contributed by atoms with Gasteiger partial charge < -0.3 is 19.7 Å². The summed E-state index contributed by atoms with van der Waals surface area (Å²) in [6.07, 6.45) is 2.49. The minimum Gasteiger partial charge on any atom is -0.495 e. The third kappa shape index (κ3) is 5.76. The molecule has 1 amide bonds. The fourth-order valence-electron chi connectivity index (χ4n) is 5.98. The molecule has 3 N–H and O–H groups in total. The van der Waals surface area contributed by atoms with Crippen molar-refractivity contribution >= 4 is 29.1 Å². The predicted molar refractivity (Wildman–Crippen MR) is 150 cm³/mol. The van der Waals surface area contributed by atoms with Gasteiger partial charge in [0.15, 0.2) is 0 Å². The molecular formula is C28H37Cl2N5O3. The number of amides is 1. The number of nitrogens with one attached hydrogen (secondary N) is 3. The number of nitrogens with zero attached hydrogens (tertiary/aromatic N) is 2. The summed E-state index contributed by atoms with van der Waals surface area (Å²) in [6, 6.07) is 9.89. The fraction of sp³-hybridized carbons (Fsp3) is 0.536. The summed E-state index contributed by atoms with van der Waals surface area (Å²) in [5, 5.41) is 4.26. The number of methoxy groups -OCH3 is 2. The average Bonchev–Trinajstić information content (AvgIpc) is 3.32. The number of hydrogen-bond acceptors (Lipinski definition) is 7. The molecule has 3 fully saturated rings. The van der Waals surface area contributed by atoms with Crippen LogP contribution in [0.1, 0.15) is 46.7 Å². The Hall–Kier alpha value is -2.07. The van der Waals surface area contributed by atoms with Crippen molar-refractivity contribution in [2.24, 2.45) is 5.92 Å². The van der Waals surface area contributed by atoms with E-state index in [4.69, 9.17) is 32.7 Å². The van der Waals surface area contributed by atoms with Crippen molar-refractivity contribution in [1.82, 2.24) is 26.0 Å². The molecule has 1 aliphatic carbocycles. The lowest BCUT2D eigenvalue weighted by Gasteiger charge is -2.34. The maximum absolute atomic E-state index is 13.1. The second kappa shape index (κ2) is 12.0. The van der Waals surface area contributed by atoms with Crippen LogP contribution < -0.4 is 25.6 Å². The lowest BCUT2D eigenvalue weighted by Crippen LogP contribution is -2.47. The van der Waals surface area contributed by atoms with Crippen molar-refractivity contribution in [1.29, 1.82) is 0 Å². The second-order valence-electron chi connectivity index (χ2n) is 10.6. The maximum Gasteiger partial charge on any atom is 0.252 e. The van der Waals surface area contributed by atoms with Crippen LogP contribution in [0.15, 0.2) is 30.3 Å². The minimum atomic E-state index is -0.149. The van der Waals surface area contributed by atoms with Gasteiger partial charge in [-0.1, -0.05) is 35.3 Å². The molecule has 4 unspecified atom stereocenters. The van der Waals surface area contributed by atoms with Gasteiger partial charge in [0.25, 0.3) is 5.91 Å². The third-order valence-corrected chi connectivity index (χ3v) is 9.06. The number of ether oxygens (including phenoxy) is 2. The first-order chi connectivity index (χ1) is 18.4. The Bertz CT molecular complexity index is 1110. The molecule has 2 aliphatic heterocycles. The molecule has 38 heavy (non-hydrogen) atoms. The van der Waals surface area contributed by atoms with E-state index in [9.17, 15) is 4.79 Å². The fourth-order valence-corrected chi connectivity index (χ4v) is 6.79. The number of hydrazine groups is 1. The van der Waals surface area contributed by atoms with Crippen LogP contribution in [0.4, 0.5) is 0 Å². The molecular weight excluding hydrogens is 525 g/mol. The van der Waals surface area contributed by atoms with Gasteiger partial charge in [-0.3, -0.25) is 15.1 Å². The Morgan fingerprint density at radius 2 is 1.66 bits per heavy atom. The summed E-state index contributed by atoms with van der Waals surface area (Å²) >= 11 is 13.4. The van der Waals surface area contributed by atoms with Crippen LogP contribution in [-0.4, -0.2) is 75.4 Å². The van der Waals surface area contributed by atoms with Crippen molar-refractivity contribution < 1.29 is 14.3 Å². The van der Waals surface area contributed by atoms with Crippen LogP contribution in [0.2, 0.25) is 10.0 Å². The Balaban J connectivity index is 1.19. The smallest absolute Gasteiger partial charge is 0.252 e. The van der Waals surface area contributed by atoms with Crippen molar-refractivity contribution in [3.63, 3.8) is 0 Å². The zero-order valence-corrected chi connectivity index (χ0v) is 23.7. The van der Waals surface area contributed by atoms with E-state index in [1.807, 2.05) is 12.1 Å². The molecule has 2 heterocycles. The second-order valence-corrected chi connectivity index (χ2v) is 11.4. The standard InChI is InChI=1S/C28H37Cl2N5O3/c1-34-10-12-35(13-11-34)16-17-4-6-18(7-5-17)28(36)31-27-20-9-8-19(14-21(20)32-33-27)24-25(29)22(37-2)15-23(38-3)26(24)30/h4-7,15,19-21,27,32-33H,8-14,16H2,1-3H3,(H,31,36). The average molecular weight is 563 g/mol. The van der Waals surface area contributed by atoms with E-state index in [-0.39, 0.29) is 30.0 Å². The van der Waals surface area contributed by atoms with Gasteiger partial charge in [-0.15, -0.1) is 0 Å². The molecule has 2 saturated heterocycles. The third-order valence-electron chi connectivity index (χ3n) is 8.28. The number of hydrogen-bond donors (Lipinski definition) is 3. The number of rotatable bonds is 7. The normalized spacial score (nSPS) is 26.1. The summed E-state index contributed by atoms with van der Waals surface area (Å²) in [6.45, 7) is 5.26. The van der Waals surface area contributed by atoms with E-state index >= 15 is 0 Å². The van der Waals surface area contributed by atoms with Crippen LogP contribution in [0.25, 0.3) is 0 Å². The van der Waals surface area contributed by atoms with Crippen LogP contribution in [0, 0.1) is 5.92 Å². The molecule has 0 spiro atoms. The predicted octanol–water partition coefficient (Wildman–Crippen LogP) is 3.87. The van der Waals surface area contributed by atoms with Gasteiger partial charge in [-0.25, -0.2) is 5.43 Å². The molecule has 0 radical (unpaired) electrons. The topological polar surface area (TPSA) is 78.1 Å². The summed E-state index contributed by atoms with van der Waals surface area (Å²) in [5.41, 5.74) is 9.48. The Labute approximate surface area is 234 Å². The van der Waals surface area contributed by atoms with Crippen LogP contribution in [-0.2, 0) is 6.54 Å². The molecule has 3 aliphatic rings. The summed E-state index contributed by atoms with van der Waals surface area (Å²) in [4.78, 5) is 17.9. The van der Waals surface area contributed by atoms with Crippen molar-refractivity contribution in [3.05, 3.63) is 57.1 Å². The van der Waals surface area contributed by atoms with E-state index in [1.54, 1.807) is 20.3 Å². The van der Waals surface area contributed by atoms with Gasteiger partial charge in [0.1, 0.15) is 11.5 Å². The number of carbonyl (C=O) groups is 1. The Morgan fingerprint density at radius 1 is 1.00 bits per heavy atom. The van der Waals surface area contributed by atoms with E-state index < -0.39 is 0 Å². The number of fused-ring (bicyclic) bond motifs is 1. The maximum atomic E-state index is 13.1. The van der Waals surface area contributed by atoms with Gasteiger partial charge >= 0.3 is 0 Å². The molecule has 2 aromatic rings. The van der Waals surface area contributed by atoms with Crippen molar-refractivity contribution in [2.75, 3.05) is 47.4 Å². The lowest BCUT2D eigenvalue weighted by atomic mass is 9.75. The zero-order valence-electron chi connectivity index (χ0n) is 22.2. The highest BCUT2D eigenvalue weighted by atomic mass is 35.5. The van der Waals surface area contributed by atoms with Gasteiger partial charge in [0.2, 0.25) is 0 Å². The summed E-state index contributed by atoms with van der Waals surface area (Å²) in [5.74, 6) is 1.46.